The van der Waals surface area contributed by atoms with Crippen LogP contribution >= 0.6 is 0 Å². The minimum absolute atomic E-state index is 1.06. The van der Waals surface area contributed by atoms with Gasteiger partial charge in [0.25, 0.3) is 0 Å². The average Bonchev–Trinajstić information content (AvgIpc) is 3.07. The quantitative estimate of drug-likeness (QED) is 0.147. The first kappa shape index (κ1) is 25.5. The van der Waals surface area contributed by atoms with Gasteiger partial charge in [0, 0.05) is 0 Å². The number of rotatable bonds is 6. The highest BCUT2D eigenvalue weighted by molar-refractivity contribution is 6.24. The summed E-state index contributed by atoms with van der Waals surface area (Å²) < 4.78 is 0. The van der Waals surface area contributed by atoms with Crippen LogP contribution in [0.25, 0.3) is 71.3 Å². The molecule has 198 valence electrons. The van der Waals surface area contributed by atoms with Gasteiger partial charge in [-0.15, -0.1) is 0 Å². The van der Waals surface area contributed by atoms with Crippen molar-refractivity contribution in [2.24, 2.45) is 0 Å². The van der Waals surface area contributed by atoms with Crippen molar-refractivity contribution in [3.8, 4) is 33.4 Å². The van der Waals surface area contributed by atoms with E-state index in [-0.39, 0.29) is 0 Å². The summed E-state index contributed by atoms with van der Waals surface area (Å²) in [5.41, 5.74) is 9.50. The molecule has 0 saturated carbocycles. The van der Waals surface area contributed by atoms with E-state index in [0.717, 1.165) is 11.1 Å². The van der Waals surface area contributed by atoms with E-state index >= 15 is 0 Å². The predicted molar refractivity (Wildman–Crippen MR) is 184 cm³/mol. The maximum Gasteiger partial charge on any atom is -0.00921 e. The van der Waals surface area contributed by atoms with Gasteiger partial charge in [0.15, 0.2) is 0 Å². The molecule has 0 nitrogen and oxygen atoms in total. The molecule has 7 aromatic rings. The monoisotopic (exact) mass is 534 g/mol. The molecule has 0 radical (unpaired) electrons. The van der Waals surface area contributed by atoms with E-state index in [1.54, 1.807) is 0 Å². The average molecular weight is 535 g/mol. The van der Waals surface area contributed by atoms with Crippen molar-refractivity contribution in [2.75, 3.05) is 0 Å². The van der Waals surface area contributed by atoms with Crippen LogP contribution in [-0.4, -0.2) is 0 Å². The van der Waals surface area contributed by atoms with E-state index in [4.69, 9.17) is 0 Å². The molecule has 0 atom stereocenters. The van der Waals surface area contributed by atoms with Gasteiger partial charge in [0.05, 0.1) is 0 Å². The highest BCUT2D eigenvalue weighted by atomic mass is 14.2. The Kier molecular flexibility index (Phi) is 6.58. The lowest BCUT2D eigenvalue weighted by Gasteiger charge is -2.18. The fourth-order valence-electron chi connectivity index (χ4n) is 6.16. The van der Waals surface area contributed by atoms with Crippen LogP contribution in [0, 0.1) is 0 Å². The zero-order valence-electron chi connectivity index (χ0n) is 23.4. The highest BCUT2D eigenvalue weighted by Crippen LogP contribution is 2.43. The zero-order valence-corrected chi connectivity index (χ0v) is 23.4. The minimum atomic E-state index is 1.06. The molecule has 0 fully saturated rings. The van der Waals surface area contributed by atoms with Crippen LogP contribution in [0.4, 0.5) is 0 Å². The Hall–Kier alpha value is -5.46. The lowest BCUT2D eigenvalue weighted by Crippen LogP contribution is -1.92. The molecule has 0 heterocycles. The minimum Gasteiger partial charge on any atom is -0.0990 e. The molecule has 0 amide bonds. The summed E-state index contributed by atoms with van der Waals surface area (Å²) in [7, 11) is 0. The van der Waals surface area contributed by atoms with Crippen molar-refractivity contribution >= 4 is 37.9 Å². The van der Waals surface area contributed by atoms with E-state index < -0.39 is 0 Å². The van der Waals surface area contributed by atoms with Gasteiger partial charge in [-0.3, -0.25) is 0 Å². The molecule has 0 aliphatic heterocycles. The van der Waals surface area contributed by atoms with Crippen LogP contribution < -0.4 is 0 Å². The topological polar surface area (TPSA) is 0 Å². The Balaban J connectivity index is 1.66. The molecule has 7 rings (SSSR count). The van der Waals surface area contributed by atoms with Crippen LogP contribution in [0.3, 0.4) is 0 Å². The normalized spacial score (nSPS) is 11.7. The Labute approximate surface area is 247 Å². The molecule has 0 saturated heterocycles. The smallest absolute Gasteiger partial charge is 0.00921 e. The first-order valence-electron chi connectivity index (χ1n) is 14.3. The van der Waals surface area contributed by atoms with E-state index in [1.165, 1.54) is 65.7 Å². The van der Waals surface area contributed by atoms with Gasteiger partial charge in [-0.25, -0.2) is 0 Å². The van der Waals surface area contributed by atoms with Crippen LogP contribution in [-0.2, 0) is 0 Å². The summed E-state index contributed by atoms with van der Waals surface area (Å²) in [4.78, 5) is 0. The third-order valence-corrected chi connectivity index (χ3v) is 8.19. The molecular formula is C42H30. The number of allylic oxidation sites excluding steroid dienone is 4. The van der Waals surface area contributed by atoms with Gasteiger partial charge in [-0.2, -0.15) is 0 Å². The van der Waals surface area contributed by atoms with Crippen molar-refractivity contribution in [3.05, 3.63) is 176 Å². The third kappa shape index (κ3) is 4.44. The number of hydrogen-bond donors (Lipinski definition) is 0. The summed E-state index contributed by atoms with van der Waals surface area (Å²) >= 11 is 0. The number of fused-ring (bicyclic) bond motifs is 5. The zero-order chi connectivity index (χ0) is 28.5. The maximum atomic E-state index is 4.16. The summed E-state index contributed by atoms with van der Waals surface area (Å²) in [6.45, 7) is 8.15. The van der Waals surface area contributed by atoms with Gasteiger partial charge in [0.2, 0.25) is 0 Å². The van der Waals surface area contributed by atoms with Crippen LogP contribution in [0.2, 0.25) is 0 Å². The van der Waals surface area contributed by atoms with E-state index in [1.807, 2.05) is 12.2 Å². The highest BCUT2D eigenvalue weighted by Gasteiger charge is 2.16. The number of benzene rings is 7. The van der Waals surface area contributed by atoms with Gasteiger partial charge < -0.3 is 0 Å². The lowest BCUT2D eigenvalue weighted by atomic mass is 9.86. The Bertz CT molecular complexity index is 2130. The molecule has 0 bridgehead atoms. The second-order valence-corrected chi connectivity index (χ2v) is 10.6. The van der Waals surface area contributed by atoms with E-state index in [0.29, 0.717) is 0 Å². The molecule has 0 unspecified atom stereocenters. The molecule has 0 aliphatic rings. The molecule has 0 N–H and O–H groups in total. The second-order valence-electron chi connectivity index (χ2n) is 10.6. The van der Waals surface area contributed by atoms with Crippen molar-refractivity contribution in [1.82, 2.24) is 0 Å². The van der Waals surface area contributed by atoms with E-state index in [9.17, 15) is 0 Å². The van der Waals surface area contributed by atoms with Crippen LogP contribution in [0.5, 0.6) is 0 Å². The van der Waals surface area contributed by atoms with Crippen molar-refractivity contribution in [2.45, 2.75) is 0 Å². The molecule has 0 heteroatoms. The van der Waals surface area contributed by atoms with Gasteiger partial charge >= 0.3 is 0 Å². The Morgan fingerprint density at radius 1 is 0.405 bits per heavy atom. The predicted octanol–water partition coefficient (Wildman–Crippen LogP) is 11.9. The van der Waals surface area contributed by atoms with Crippen molar-refractivity contribution in [3.63, 3.8) is 0 Å². The largest absolute Gasteiger partial charge is 0.0990 e. The fourth-order valence-corrected chi connectivity index (χ4v) is 6.16. The SMILES string of the molecule is C=C/C=C(\C=C)c1cc2c3cc(-c4ccccc4)ccc3c(-c3ccccc3)cc2c2cc(-c3ccccc3)ccc12. The first-order chi connectivity index (χ1) is 20.7. The van der Waals surface area contributed by atoms with Gasteiger partial charge in [-0.05, 0) is 101 Å². The molecular weight excluding hydrogens is 504 g/mol. The Morgan fingerprint density at radius 3 is 1.43 bits per heavy atom. The summed E-state index contributed by atoms with van der Waals surface area (Å²) in [5, 5.41) is 7.38. The van der Waals surface area contributed by atoms with Crippen LogP contribution in [0.1, 0.15) is 5.56 Å². The van der Waals surface area contributed by atoms with Crippen molar-refractivity contribution < 1.29 is 0 Å². The third-order valence-electron chi connectivity index (χ3n) is 8.19. The molecule has 0 aromatic heterocycles. The molecule has 0 aliphatic carbocycles. The standard InChI is InChI=1S/C42H30/c1-3-14-29(4-2)37-27-41-40-26-34(31-17-10-6-11-18-31)22-24-36(40)38(32-19-12-7-13-20-32)28-42(41)39-25-33(21-23-35(37)39)30-15-8-5-9-16-30/h3-28H,1-2H2/b29-14+. The molecule has 0 spiro atoms. The first-order valence-corrected chi connectivity index (χ1v) is 14.3. The second kappa shape index (κ2) is 10.8. The van der Waals surface area contributed by atoms with Crippen molar-refractivity contribution in [1.29, 1.82) is 0 Å². The van der Waals surface area contributed by atoms with E-state index in [2.05, 4.69) is 159 Å². The Morgan fingerprint density at radius 2 is 0.881 bits per heavy atom. The van der Waals surface area contributed by atoms with Crippen LogP contribution in [0.15, 0.2) is 171 Å². The summed E-state index contributed by atoms with van der Waals surface area (Å²) in [6, 6.07) is 50.5. The lowest BCUT2D eigenvalue weighted by molar-refractivity contribution is 1.63. The summed E-state index contributed by atoms with van der Waals surface area (Å²) in [5.74, 6) is 0. The molecule has 42 heavy (non-hydrogen) atoms. The molecule has 7 aromatic carbocycles. The number of hydrogen-bond acceptors (Lipinski definition) is 0. The van der Waals surface area contributed by atoms with Gasteiger partial charge in [0.1, 0.15) is 0 Å². The summed E-state index contributed by atoms with van der Waals surface area (Å²) in [6.07, 6.45) is 5.83. The maximum absolute atomic E-state index is 4.16. The van der Waals surface area contributed by atoms with Gasteiger partial charge in [-0.1, -0.05) is 147 Å². The fraction of sp³-hybridized carbons (Fsp3) is 0.